The van der Waals surface area contributed by atoms with Crippen molar-refractivity contribution in [2.75, 3.05) is 18.1 Å². The van der Waals surface area contributed by atoms with Crippen LogP contribution < -0.4 is 16.0 Å². The van der Waals surface area contributed by atoms with Gasteiger partial charge in [-0.25, -0.2) is 0 Å². The molecule has 0 radical (unpaired) electrons. The lowest BCUT2D eigenvalue weighted by Gasteiger charge is -2.26. The fraction of sp³-hybridized carbons (Fsp3) is 0.452. The van der Waals surface area contributed by atoms with Crippen LogP contribution in [0.4, 0.5) is 0 Å². The first-order valence-electron chi connectivity index (χ1n) is 14.2. The number of Topliss-reactive ketones (excluding diaryl/α,β-unsaturated/α-hetero) is 1. The number of hydrogen-bond donors (Lipinski definition) is 3. The van der Waals surface area contributed by atoms with E-state index >= 15 is 0 Å². The third-order valence-corrected chi connectivity index (χ3v) is 9.76. The molecule has 0 spiro atoms. The summed E-state index contributed by atoms with van der Waals surface area (Å²) in [5.41, 5.74) is 0.852. The summed E-state index contributed by atoms with van der Waals surface area (Å²) < 4.78 is 5.58. The number of fused-ring (bicyclic) bond motifs is 8. The molecule has 9 nitrogen and oxygen atoms in total. The second-order valence-electron chi connectivity index (χ2n) is 10.8. The molecule has 42 heavy (non-hydrogen) atoms. The van der Waals surface area contributed by atoms with Gasteiger partial charge in [-0.15, -0.1) is 0 Å². The molecule has 3 N–H and O–H groups in total. The Morgan fingerprint density at radius 1 is 0.905 bits per heavy atom. The highest BCUT2D eigenvalue weighted by molar-refractivity contribution is 8.76. The summed E-state index contributed by atoms with van der Waals surface area (Å²) in [6, 6.07) is 11.6. The van der Waals surface area contributed by atoms with Crippen molar-refractivity contribution < 1.29 is 28.7 Å². The third kappa shape index (κ3) is 8.84. The Hall–Kier alpha value is -3.31. The van der Waals surface area contributed by atoms with Crippen molar-refractivity contribution in [2.24, 2.45) is 11.8 Å². The van der Waals surface area contributed by atoms with E-state index in [-0.39, 0.29) is 36.7 Å². The van der Waals surface area contributed by atoms with Gasteiger partial charge in [-0.2, -0.15) is 0 Å². The smallest absolute Gasteiger partial charge is 0.326 e. The largest absolute Gasteiger partial charge is 0.456 e. The summed E-state index contributed by atoms with van der Waals surface area (Å²) >= 11 is 0. The molecule has 0 aliphatic carbocycles. The molecule has 2 aliphatic heterocycles. The van der Waals surface area contributed by atoms with Crippen LogP contribution in [-0.2, 0) is 35.1 Å². The summed E-state index contributed by atoms with van der Waals surface area (Å²) in [5, 5.41) is 10.3. The zero-order valence-corrected chi connectivity index (χ0v) is 25.4. The average Bonchev–Trinajstić information content (AvgIpc) is 2.96. The topological polar surface area (TPSA) is 131 Å². The van der Waals surface area contributed by atoms with Crippen LogP contribution in [0.3, 0.4) is 0 Å². The van der Waals surface area contributed by atoms with Gasteiger partial charge < -0.3 is 20.7 Å². The number of amides is 3. The summed E-state index contributed by atoms with van der Waals surface area (Å²) in [5.74, 6) is -2.23. The Kier molecular flexibility index (Phi) is 11.5. The zero-order chi connectivity index (χ0) is 30.1. The number of carbonyl (C=O) groups excluding carboxylic acids is 5. The van der Waals surface area contributed by atoms with Crippen molar-refractivity contribution in [2.45, 2.75) is 57.7 Å². The summed E-state index contributed by atoms with van der Waals surface area (Å²) in [4.78, 5) is 66.4. The fourth-order valence-corrected chi connectivity index (χ4v) is 7.16. The van der Waals surface area contributed by atoms with Crippen LogP contribution in [0.5, 0.6) is 0 Å². The van der Waals surface area contributed by atoms with Crippen molar-refractivity contribution in [3.63, 3.8) is 0 Å². The maximum Gasteiger partial charge on any atom is 0.326 e. The molecule has 2 aliphatic rings. The Labute approximate surface area is 253 Å². The van der Waals surface area contributed by atoms with Gasteiger partial charge in [-0.05, 0) is 34.8 Å². The quantitative estimate of drug-likeness (QED) is 0.274. The van der Waals surface area contributed by atoms with Crippen molar-refractivity contribution in [3.8, 4) is 0 Å². The van der Waals surface area contributed by atoms with Crippen LogP contribution in [0.15, 0.2) is 54.6 Å². The Bertz CT molecular complexity index is 1340. The molecule has 1 fully saturated rings. The van der Waals surface area contributed by atoms with Gasteiger partial charge >= 0.3 is 5.97 Å². The predicted molar refractivity (Wildman–Crippen MR) is 166 cm³/mol. The molecule has 4 atom stereocenters. The van der Waals surface area contributed by atoms with Gasteiger partial charge in [0.25, 0.3) is 0 Å². The molecule has 11 heteroatoms. The molecule has 224 valence electrons. The molecule has 2 heterocycles. The van der Waals surface area contributed by atoms with Gasteiger partial charge in [0.1, 0.15) is 30.5 Å². The predicted octanol–water partition coefficient (Wildman–Crippen LogP) is 3.36. The summed E-state index contributed by atoms with van der Waals surface area (Å²) in [6.45, 7) is 3.29. The molecule has 4 rings (SSSR count). The monoisotopic (exact) mass is 611 g/mol. The number of esters is 1. The van der Waals surface area contributed by atoms with E-state index in [9.17, 15) is 24.0 Å². The van der Waals surface area contributed by atoms with Crippen molar-refractivity contribution >= 4 is 61.8 Å². The van der Waals surface area contributed by atoms with E-state index in [2.05, 4.69) is 16.0 Å². The van der Waals surface area contributed by atoms with Crippen LogP contribution in [-0.4, -0.2) is 65.7 Å². The van der Waals surface area contributed by atoms with Gasteiger partial charge in [0.05, 0.1) is 0 Å². The minimum absolute atomic E-state index is 0.0396. The number of carbonyl (C=O) groups is 5. The third-order valence-electron chi connectivity index (χ3n) is 7.31. The molecule has 2 aromatic rings. The minimum atomic E-state index is -1.02. The Balaban J connectivity index is 1.70. The average molecular weight is 612 g/mol. The van der Waals surface area contributed by atoms with Crippen molar-refractivity contribution in [1.82, 2.24) is 16.0 Å². The normalized spacial score (nSPS) is 26.1. The van der Waals surface area contributed by atoms with Crippen LogP contribution in [0.25, 0.3) is 10.8 Å². The highest BCUT2D eigenvalue weighted by atomic mass is 33.1. The first kappa shape index (κ1) is 31.6. The summed E-state index contributed by atoms with van der Waals surface area (Å²) in [6.07, 6.45) is 3.47. The Morgan fingerprint density at radius 2 is 1.69 bits per heavy atom. The lowest BCUT2D eigenvalue weighted by atomic mass is 9.88. The molecule has 0 aromatic heterocycles. The Morgan fingerprint density at radius 3 is 2.50 bits per heavy atom. The van der Waals surface area contributed by atoms with E-state index in [1.807, 2.05) is 62.4 Å². The highest BCUT2D eigenvalue weighted by Crippen LogP contribution is 2.25. The molecule has 1 saturated heterocycles. The second-order valence-corrected chi connectivity index (χ2v) is 13.5. The van der Waals surface area contributed by atoms with Crippen LogP contribution >= 0.6 is 21.6 Å². The van der Waals surface area contributed by atoms with Crippen LogP contribution in [0, 0.1) is 11.8 Å². The molecule has 3 amide bonds. The number of ketones is 1. The number of nitrogens with one attached hydrogen (secondary N) is 3. The lowest BCUT2D eigenvalue weighted by molar-refractivity contribution is -0.148. The van der Waals surface area contributed by atoms with Gasteiger partial charge in [-0.1, -0.05) is 84.0 Å². The number of ether oxygens (including phenoxy) is 1. The van der Waals surface area contributed by atoms with E-state index in [0.717, 1.165) is 22.1 Å². The van der Waals surface area contributed by atoms with E-state index < -0.39 is 54.3 Å². The second kappa shape index (κ2) is 15.2. The SMILES string of the molecule is CC(C)[C@H]1CC(=O)CC2/C=C/CCSSCC(NC1=O)C(=O)N[C@H](Cc1cccc3ccccc13)C(=O)NCC(=O)O2. The molecular weight excluding hydrogens is 574 g/mol. The van der Waals surface area contributed by atoms with E-state index in [4.69, 9.17) is 4.74 Å². The van der Waals surface area contributed by atoms with E-state index in [1.54, 1.807) is 16.9 Å². The van der Waals surface area contributed by atoms with Crippen LogP contribution in [0.2, 0.25) is 0 Å². The van der Waals surface area contributed by atoms with Gasteiger partial charge in [0, 0.05) is 36.7 Å². The number of benzene rings is 2. The maximum absolute atomic E-state index is 13.7. The molecular formula is C31H37N3O6S2. The fourth-order valence-electron chi connectivity index (χ4n) is 5.00. The summed E-state index contributed by atoms with van der Waals surface area (Å²) in [7, 11) is 3.01. The van der Waals surface area contributed by atoms with Gasteiger partial charge in [0.2, 0.25) is 17.7 Å². The standard InChI is InChI=1S/C31H37N3O6S2/c1-19(2)25-16-22(35)15-23-11-5-6-13-41-42-18-27(34-29(25)37)31(39)33-26(30(38)32-17-28(36)40-23)14-21-10-7-9-20-8-3-4-12-24(20)21/h3-5,7-12,19,23,25-27H,6,13-18H2,1-2H3,(H,32,38)(H,33,39)(H,34,37)/b11-5+/t23?,25-,26-,27?/m1/s1. The van der Waals surface area contributed by atoms with E-state index in [0.29, 0.717) is 6.42 Å². The van der Waals surface area contributed by atoms with Crippen molar-refractivity contribution in [1.29, 1.82) is 0 Å². The molecule has 2 bridgehead atoms. The van der Waals surface area contributed by atoms with Gasteiger partial charge in [-0.3, -0.25) is 24.0 Å². The van der Waals surface area contributed by atoms with Gasteiger partial charge in [0.15, 0.2) is 0 Å². The maximum atomic E-state index is 13.7. The molecule has 2 aromatic carbocycles. The number of rotatable bonds is 3. The number of allylic oxidation sites excluding steroid dienone is 1. The molecule has 2 unspecified atom stereocenters. The first-order chi connectivity index (χ1) is 20.2. The highest BCUT2D eigenvalue weighted by Gasteiger charge is 2.33. The van der Waals surface area contributed by atoms with E-state index in [1.165, 1.54) is 10.8 Å². The molecule has 0 saturated carbocycles. The van der Waals surface area contributed by atoms with Crippen molar-refractivity contribution in [3.05, 3.63) is 60.2 Å². The zero-order valence-electron chi connectivity index (χ0n) is 23.8. The number of hydrogen-bond acceptors (Lipinski definition) is 8. The van der Waals surface area contributed by atoms with Crippen LogP contribution in [0.1, 0.15) is 38.7 Å². The lowest BCUT2D eigenvalue weighted by Crippen LogP contribution is -2.56. The first-order valence-corrected chi connectivity index (χ1v) is 16.7. The minimum Gasteiger partial charge on any atom is -0.456 e.